The number of carbonyl (C=O) groups is 1. The van der Waals surface area contributed by atoms with Crippen molar-refractivity contribution < 1.29 is 13.2 Å². The normalized spacial score (nSPS) is 22.3. The summed E-state index contributed by atoms with van der Waals surface area (Å²) >= 11 is 12.2. The fourth-order valence-electron chi connectivity index (χ4n) is 3.54. The van der Waals surface area contributed by atoms with E-state index in [0.29, 0.717) is 28.6 Å². The van der Waals surface area contributed by atoms with Crippen molar-refractivity contribution in [3.63, 3.8) is 0 Å². The Morgan fingerprint density at radius 2 is 1.72 bits per heavy atom. The topological polar surface area (TPSA) is 57.7 Å². The smallest absolute Gasteiger partial charge is 0.227 e. The Kier molecular flexibility index (Phi) is 5.93. The van der Waals surface area contributed by atoms with Crippen LogP contribution in [0.3, 0.4) is 0 Å². The van der Waals surface area contributed by atoms with Gasteiger partial charge in [0.25, 0.3) is 0 Å². The van der Waals surface area contributed by atoms with Gasteiger partial charge in [0.1, 0.15) is 0 Å². The Labute approximate surface area is 158 Å². The summed E-state index contributed by atoms with van der Waals surface area (Å²) in [5.41, 5.74) is 0.416. The molecule has 8 heteroatoms. The highest BCUT2D eigenvalue weighted by atomic mass is 35.5. The van der Waals surface area contributed by atoms with E-state index >= 15 is 0 Å². The zero-order valence-corrected chi connectivity index (χ0v) is 16.3. The van der Waals surface area contributed by atoms with E-state index in [1.54, 1.807) is 18.2 Å². The van der Waals surface area contributed by atoms with E-state index in [0.717, 1.165) is 32.4 Å². The van der Waals surface area contributed by atoms with Crippen LogP contribution in [0.5, 0.6) is 0 Å². The van der Waals surface area contributed by atoms with Crippen molar-refractivity contribution in [2.45, 2.75) is 31.4 Å². The van der Waals surface area contributed by atoms with Crippen molar-refractivity contribution in [3.05, 3.63) is 33.8 Å². The second-order valence-corrected chi connectivity index (χ2v) is 9.47. The van der Waals surface area contributed by atoms with Gasteiger partial charge in [0.2, 0.25) is 15.9 Å². The highest BCUT2D eigenvalue weighted by Gasteiger charge is 2.35. The Morgan fingerprint density at radius 1 is 1.08 bits per heavy atom. The standard InChI is InChI=1S/C17H22Cl2N2O3S/c18-15-6-3-7-16(19)14(15)12-25(23,24)21-10-4-5-13(11-21)17(22)20-8-1-2-9-20/h3,6-7,13H,1-2,4-5,8-12H2. The molecule has 0 N–H and O–H groups in total. The number of hydrogen-bond donors (Lipinski definition) is 0. The molecule has 1 amide bonds. The summed E-state index contributed by atoms with van der Waals surface area (Å²) in [5, 5.41) is 0.690. The molecule has 1 aromatic carbocycles. The van der Waals surface area contributed by atoms with E-state index in [1.165, 1.54) is 4.31 Å². The molecule has 1 unspecified atom stereocenters. The van der Waals surface area contributed by atoms with Gasteiger partial charge in [-0.1, -0.05) is 29.3 Å². The Balaban J connectivity index is 1.72. The molecular formula is C17H22Cl2N2O3S. The molecule has 3 rings (SSSR count). The Hall–Kier alpha value is -0.820. The maximum absolute atomic E-state index is 12.8. The van der Waals surface area contributed by atoms with Crippen molar-refractivity contribution in [1.82, 2.24) is 9.21 Å². The summed E-state index contributed by atoms with van der Waals surface area (Å²) in [4.78, 5) is 14.5. The van der Waals surface area contributed by atoms with Crippen molar-refractivity contribution >= 4 is 39.1 Å². The number of carbonyl (C=O) groups excluding carboxylic acids is 1. The zero-order chi connectivity index (χ0) is 18.0. The van der Waals surface area contributed by atoms with Crippen LogP contribution in [0.2, 0.25) is 10.0 Å². The Morgan fingerprint density at radius 3 is 2.36 bits per heavy atom. The third-order valence-electron chi connectivity index (χ3n) is 4.93. The van der Waals surface area contributed by atoms with Crippen LogP contribution >= 0.6 is 23.2 Å². The van der Waals surface area contributed by atoms with Crippen LogP contribution in [-0.4, -0.2) is 49.7 Å². The van der Waals surface area contributed by atoms with Crippen LogP contribution in [0.1, 0.15) is 31.2 Å². The molecule has 0 spiro atoms. The van der Waals surface area contributed by atoms with Gasteiger partial charge in [-0.2, -0.15) is 0 Å². The third-order valence-corrected chi connectivity index (χ3v) is 7.41. The van der Waals surface area contributed by atoms with Gasteiger partial charge in [0, 0.05) is 41.8 Å². The molecule has 1 atom stereocenters. The minimum Gasteiger partial charge on any atom is -0.342 e. The fourth-order valence-corrected chi connectivity index (χ4v) is 5.90. The third kappa shape index (κ3) is 4.30. The molecule has 2 heterocycles. The van der Waals surface area contributed by atoms with Gasteiger partial charge in [-0.3, -0.25) is 4.79 Å². The first-order valence-electron chi connectivity index (χ1n) is 8.58. The van der Waals surface area contributed by atoms with Crippen molar-refractivity contribution in [2.75, 3.05) is 26.2 Å². The summed E-state index contributed by atoms with van der Waals surface area (Å²) < 4.78 is 27.1. The highest BCUT2D eigenvalue weighted by Crippen LogP contribution is 2.29. The van der Waals surface area contributed by atoms with Crippen molar-refractivity contribution in [3.8, 4) is 0 Å². The van der Waals surface area contributed by atoms with E-state index in [4.69, 9.17) is 23.2 Å². The number of sulfonamides is 1. The maximum Gasteiger partial charge on any atom is 0.227 e. The van der Waals surface area contributed by atoms with Gasteiger partial charge in [-0.25, -0.2) is 12.7 Å². The van der Waals surface area contributed by atoms with Crippen LogP contribution in [-0.2, 0) is 20.6 Å². The molecular weight excluding hydrogens is 383 g/mol. The number of benzene rings is 1. The summed E-state index contributed by atoms with van der Waals surface area (Å²) in [7, 11) is -3.58. The maximum atomic E-state index is 12.8. The van der Waals surface area contributed by atoms with Crippen molar-refractivity contribution in [2.24, 2.45) is 5.92 Å². The second-order valence-electron chi connectivity index (χ2n) is 6.69. The highest BCUT2D eigenvalue weighted by molar-refractivity contribution is 7.88. The van der Waals surface area contributed by atoms with Gasteiger partial charge in [-0.05, 0) is 37.8 Å². The van der Waals surface area contributed by atoms with Gasteiger partial charge in [0.05, 0.1) is 11.7 Å². The van der Waals surface area contributed by atoms with Gasteiger partial charge in [-0.15, -0.1) is 0 Å². The van der Waals surface area contributed by atoms with Gasteiger partial charge in [0.15, 0.2) is 0 Å². The number of halogens is 2. The minimum atomic E-state index is -3.58. The number of likely N-dealkylation sites (tertiary alicyclic amines) is 1. The quantitative estimate of drug-likeness (QED) is 0.773. The lowest BCUT2D eigenvalue weighted by molar-refractivity contribution is -0.135. The first kappa shape index (κ1) is 19.0. The molecule has 1 aromatic rings. The number of nitrogens with zero attached hydrogens (tertiary/aromatic N) is 2. The summed E-state index contributed by atoms with van der Waals surface area (Å²) in [6, 6.07) is 4.95. The first-order chi connectivity index (χ1) is 11.9. The number of piperidine rings is 1. The van der Waals surface area contributed by atoms with Gasteiger partial charge < -0.3 is 4.90 Å². The number of rotatable bonds is 4. The van der Waals surface area contributed by atoms with Crippen LogP contribution in [0, 0.1) is 5.92 Å². The predicted molar refractivity (Wildman–Crippen MR) is 99.2 cm³/mol. The van der Waals surface area contributed by atoms with Gasteiger partial charge >= 0.3 is 0 Å². The molecule has 0 radical (unpaired) electrons. The molecule has 0 aliphatic carbocycles. The predicted octanol–water partition coefficient (Wildman–Crippen LogP) is 3.16. The zero-order valence-electron chi connectivity index (χ0n) is 14.0. The fraction of sp³-hybridized carbons (Fsp3) is 0.588. The molecule has 2 saturated heterocycles. The molecule has 0 bridgehead atoms. The molecule has 0 aromatic heterocycles. The van der Waals surface area contributed by atoms with E-state index < -0.39 is 10.0 Å². The molecule has 25 heavy (non-hydrogen) atoms. The molecule has 0 saturated carbocycles. The minimum absolute atomic E-state index is 0.0909. The van der Waals surface area contributed by atoms with Crippen LogP contribution in [0.25, 0.3) is 0 Å². The van der Waals surface area contributed by atoms with Crippen molar-refractivity contribution in [1.29, 1.82) is 0 Å². The number of hydrogen-bond acceptors (Lipinski definition) is 3. The van der Waals surface area contributed by atoms with E-state index in [9.17, 15) is 13.2 Å². The average molecular weight is 405 g/mol. The Bertz CT molecular complexity index is 728. The van der Waals surface area contributed by atoms with Crippen LogP contribution in [0.15, 0.2) is 18.2 Å². The van der Waals surface area contributed by atoms with Crippen LogP contribution in [0.4, 0.5) is 0 Å². The lowest BCUT2D eigenvalue weighted by Gasteiger charge is -2.33. The molecule has 2 aliphatic rings. The molecule has 138 valence electrons. The number of amides is 1. The second kappa shape index (κ2) is 7.82. The molecule has 5 nitrogen and oxygen atoms in total. The monoisotopic (exact) mass is 404 g/mol. The lowest BCUT2D eigenvalue weighted by Crippen LogP contribution is -2.46. The largest absolute Gasteiger partial charge is 0.342 e. The summed E-state index contributed by atoms with van der Waals surface area (Å²) in [6.45, 7) is 2.27. The average Bonchev–Trinajstić information content (AvgIpc) is 3.12. The molecule has 2 fully saturated rings. The van der Waals surface area contributed by atoms with E-state index in [2.05, 4.69) is 0 Å². The first-order valence-corrected chi connectivity index (χ1v) is 10.9. The van der Waals surface area contributed by atoms with E-state index in [-0.39, 0.29) is 24.1 Å². The van der Waals surface area contributed by atoms with E-state index in [1.807, 2.05) is 4.90 Å². The molecule has 2 aliphatic heterocycles. The summed E-state index contributed by atoms with van der Waals surface area (Å²) in [5.74, 6) is -0.396. The SMILES string of the molecule is O=C(C1CCCN(S(=O)(=O)Cc2c(Cl)cccc2Cl)C1)N1CCCC1. The van der Waals surface area contributed by atoms with Crippen LogP contribution < -0.4 is 0 Å². The lowest BCUT2D eigenvalue weighted by atomic mass is 9.98. The summed E-state index contributed by atoms with van der Waals surface area (Å²) in [6.07, 6.45) is 3.50.